The van der Waals surface area contributed by atoms with Gasteiger partial charge in [0.15, 0.2) is 0 Å². The van der Waals surface area contributed by atoms with E-state index in [2.05, 4.69) is 0 Å². The Bertz CT molecular complexity index is 956. The van der Waals surface area contributed by atoms with Crippen molar-refractivity contribution >= 4 is 47.1 Å². The topological polar surface area (TPSA) is 66.5 Å². The maximum Gasteiger partial charge on any atom is 0.293 e. The quantitative estimate of drug-likeness (QED) is 0.312. The molecule has 0 saturated carbocycles. The molecule has 3 rings (SSSR count). The molecule has 0 amide bonds. The molecule has 1 aromatic heterocycles. The van der Waals surface area contributed by atoms with E-state index in [1.807, 2.05) is 61.1 Å². The van der Waals surface area contributed by atoms with Crippen molar-refractivity contribution in [3.05, 3.63) is 58.7 Å². The van der Waals surface area contributed by atoms with Crippen LogP contribution in [0.5, 0.6) is 5.75 Å². The van der Waals surface area contributed by atoms with Crippen LogP contribution in [-0.2, 0) is 23.0 Å². The number of aromatic nitrogens is 1. The summed E-state index contributed by atoms with van der Waals surface area (Å²) in [7, 11) is 1.91. The summed E-state index contributed by atoms with van der Waals surface area (Å²) < 4.78 is 13.1. The van der Waals surface area contributed by atoms with Gasteiger partial charge in [0, 0.05) is 24.5 Å². The minimum Gasteiger partial charge on any atom is -0.493 e. The molecular weight excluding hydrogens is 399 g/mol. The lowest BCUT2D eigenvalue weighted by Crippen LogP contribution is -2.03. The first-order valence-electron chi connectivity index (χ1n) is 8.85. The van der Waals surface area contributed by atoms with E-state index in [9.17, 15) is 4.79 Å². The number of hydrogen-bond acceptors (Lipinski definition) is 4. The molecule has 2 aromatic carbocycles. The lowest BCUT2D eigenvalue weighted by atomic mass is 10.1. The Morgan fingerprint density at radius 3 is 2.71 bits per heavy atom. The van der Waals surface area contributed by atoms with Crippen LogP contribution in [0.3, 0.4) is 0 Å². The number of carbonyl (C=O) groups is 1. The van der Waals surface area contributed by atoms with Crippen LogP contribution in [0.15, 0.2) is 42.6 Å². The minimum absolute atomic E-state index is 0. The minimum atomic E-state index is -0.392. The molecule has 0 fully saturated rings. The molecule has 28 heavy (non-hydrogen) atoms. The summed E-state index contributed by atoms with van der Waals surface area (Å²) in [4.78, 5) is 10.8. The highest BCUT2D eigenvalue weighted by molar-refractivity contribution is 6.35. The summed E-state index contributed by atoms with van der Waals surface area (Å²) in [5, 5.41) is 1.50. The van der Waals surface area contributed by atoms with E-state index >= 15 is 0 Å². The van der Waals surface area contributed by atoms with Crippen molar-refractivity contribution in [3.8, 4) is 5.75 Å². The molecule has 2 N–H and O–H groups in total. The second-order valence-corrected chi connectivity index (χ2v) is 6.90. The van der Waals surface area contributed by atoms with E-state index in [4.69, 9.17) is 26.8 Å². The van der Waals surface area contributed by atoms with Crippen LogP contribution in [0.25, 0.3) is 10.9 Å². The van der Waals surface area contributed by atoms with Crippen molar-refractivity contribution in [2.24, 2.45) is 7.05 Å². The fourth-order valence-electron chi connectivity index (χ4n) is 3.30. The maximum atomic E-state index is 10.8. The Kier molecular flexibility index (Phi) is 7.61. The molecule has 0 spiro atoms. The predicted molar refractivity (Wildman–Crippen MR) is 115 cm³/mol. The largest absolute Gasteiger partial charge is 0.493 e. The Morgan fingerprint density at radius 1 is 1.25 bits per heavy atom. The molecule has 1 heterocycles. The van der Waals surface area contributed by atoms with Gasteiger partial charge in [-0.2, -0.15) is 0 Å². The number of ether oxygens (including phenoxy) is 2. The van der Waals surface area contributed by atoms with Crippen molar-refractivity contribution in [1.82, 2.24) is 4.57 Å². The van der Waals surface area contributed by atoms with Crippen molar-refractivity contribution < 1.29 is 14.3 Å². The summed E-state index contributed by atoms with van der Waals surface area (Å²) in [6.07, 6.45) is 3.20. The maximum absolute atomic E-state index is 10.8. The summed E-state index contributed by atoms with van der Waals surface area (Å²) >= 11 is 6.39. The van der Waals surface area contributed by atoms with Gasteiger partial charge < -0.3 is 19.8 Å². The van der Waals surface area contributed by atoms with Gasteiger partial charge in [0.2, 0.25) is 0 Å². The van der Waals surface area contributed by atoms with E-state index in [0.717, 1.165) is 46.3 Å². The van der Waals surface area contributed by atoms with Crippen LogP contribution >= 0.6 is 24.0 Å². The molecule has 0 saturated heterocycles. The molecule has 0 bridgehead atoms. The number of nitrogens with two attached hydrogens (primary N) is 1. The second kappa shape index (κ2) is 9.71. The standard InChI is InChI=1S/C21H23ClN2O3.ClH/c1-14(27-13-25)16-12-24(2)21-17(22)9-10-19(20(16)21)26-11-5-7-15-6-3-4-8-18(15)23;/h3-4,6,8-10,12-14H,5,7,11,23H2,1-2H3;1H. The number of fused-ring (bicyclic) bond motifs is 1. The molecule has 7 heteroatoms. The van der Waals surface area contributed by atoms with E-state index in [0.29, 0.717) is 18.1 Å². The van der Waals surface area contributed by atoms with Crippen molar-refractivity contribution in [2.45, 2.75) is 25.9 Å². The zero-order chi connectivity index (χ0) is 19.4. The van der Waals surface area contributed by atoms with Gasteiger partial charge in [0.25, 0.3) is 6.47 Å². The number of aryl methyl sites for hydroxylation is 2. The highest BCUT2D eigenvalue weighted by atomic mass is 35.5. The number of nitrogens with zero attached hydrogens (tertiary/aromatic N) is 1. The van der Waals surface area contributed by atoms with E-state index in [-0.39, 0.29) is 12.4 Å². The number of nitrogen functional groups attached to an aromatic ring is 1. The summed E-state index contributed by atoms with van der Waals surface area (Å²) in [6.45, 7) is 2.83. The number of rotatable bonds is 8. The molecule has 0 aliphatic carbocycles. The van der Waals surface area contributed by atoms with Crippen LogP contribution in [0.4, 0.5) is 5.69 Å². The monoisotopic (exact) mass is 422 g/mol. The molecule has 0 aliphatic heterocycles. The van der Waals surface area contributed by atoms with Crippen LogP contribution < -0.4 is 10.5 Å². The van der Waals surface area contributed by atoms with E-state index in [1.165, 1.54) is 0 Å². The molecule has 3 aromatic rings. The Morgan fingerprint density at radius 2 is 2.00 bits per heavy atom. The third kappa shape index (κ3) is 4.54. The van der Waals surface area contributed by atoms with Gasteiger partial charge in [0.05, 0.1) is 22.5 Å². The number of carbonyl (C=O) groups excluding carboxylic acids is 1. The van der Waals surface area contributed by atoms with E-state index in [1.54, 1.807) is 0 Å². The molecule has 1 atom stereocenters. The lowest BCUT2D eigenvalue weighted by molar-refractivity contribution is -0.133. The zero-order valence-corrected chi connectivity index (χ0v) is 17.4. The smallest absolute Gasteiger partial charge is 0.293 e. The normalized spacial score (nSPS) is 11.7. The predicted octanol–water partition coefficient (Wildman–Crippen LogP) is 5.08. The van der Waals surface area contributed by atoms with Crippen LogP contribution in [0, 0.1) is 0 Å². The first kappa shape index (κ1) is 21.9. The molecule has 0 aliphatic rings. The van der Waals surface area contributed by atoms with Crippen molar-refractivity contribution in [1.29, 1.82) is 0 Å². The van der Waals surface area contributed by atoms with Gasteiger partial charge in [-0.1, -0.05) is 29.8 Å². The number of halogens is 2. The molecule has 150 valence electrons. The average Bonchev–Trinajstić information content (AvgIpc) is 3.00. The Hall–Kier alpha value is -2.37. The highest BCUT2D eigenvalue weighted by Gasteiger charge is 2.19. The molecule has 5 nitrogen and oxygen atoms in total. The van der Waals surface area contributed by atoms with Gasteiger partial charge >= 0.3 is 0 Å². The van der Waals surface area contributed by atoms with Gasteiger partial charge in [0.1, 0.15) is 11.9 Å². The lowest BCUT2D eigenvalue weighted by Gasteiger charge is -2.13. The number of anilines is 1. The summed E-state index contributed by atoms with van der Waals surface area (Å²) in [5.41, 5.74) is 9.64. The number of hydrogen-bond donors (Lipinski definition) is 1. The van der Waals surface area contributed by atoms with Gasteiger partial charge in [-0.15, -0.1) is 12.4 Å². The number of benzene rings is 2. The number of para-hydroxylation sites is 1. The Labute approximate surface area is 175 Å². The van der Waals surface area contributed by atoms with Crippen LogP contribution in [-0.4, -0.2) is 17.6 Å². The first-order valence-corrected chi connectivity index (χ1v) is 9.23. The third-order valence-corrected chi connectivity index (χ3v) is 4.97. The highest BCUT2D eigenvalue weighted by Crippen LogP contribution is 2.38. The third-order valence-electron chi connectivity index (χ3n) is 4.67. The SMILES string of the molecule is CC(OC=O)c1cn(C)c2c(Cl)ccc(OCCCc3ccccc3N)c12.Cl. The molecule has 0 radical (unpaired) electrons. The zero-order valence-electron chi connectivity index (χ0n) is 15.9. The van der Waals surface area contributed by atoms with Gasteiger partial charge in [-0.3, -0.25) is 4.79 Å². The molecular formula is C21H24Cl2N2O3. The first-order chi connectivity index (χ1) is 13.0. The second-order valence-electron chi connectivity index (χ2n) is 6.49. The average molecular weight is 423 g/mol. The van der Waals surface area contributed by atoms with Gasteiger partial charge in [-0.05, 0) is 43.5 Å². The van der Waals surface area contributed by atoms with Gasteiger partial charge in [-0.25, -0.2) is 0 Å². The Balaban J connectivity index is 0.00000280. The van der Waals surface area contributed by atoms with Crippen LogP contribution in [0.2, 0.25) is 5.02 Å². The summed E-state index contributed by atoms with van der Waals surface area (Å²) in [5.74, 6) is 0.729. The summed E-state index contributed by atoms with van der Waals surface area (Å²) in [6, 6.07) is 11.5. The molecule has 1 unspecified atom stereocenters. The fraction of sp³-hybridized carbons (Fsp3) is 0.286. The fourth-order valence-corrected chi connectivity index (χ4v) is 3.59. The van der Waals surface area contributed by atoms with E-state index < -0.39 is 6.10 Å². The van der Waals surface area contributed by atoms with Crippen molar-refractivity contribution in [3.63, 3.8) is 0 Å². The van der Waals surface area contributed by atoms with Crippen LogP contribution in [0.1, 0.15) is 30.6 Å². The van der Waals surface area contributed by atoms with Crippen molar-refractivity contribution in [2.75, 3.05) is 12.3 Å².